The fourth-order valence-corrected chi connectivity index (χ4v) is 2.73. The van der Waals surface area contributed by atoms with Gasteiger partial charge < -0.3 is 5.32 Å². The highest BCUT2D eigenvalue weighted by Gasteiger charge is 2.18. The van der Waals surface area contributed by atoms with E-state index in [4.69, 9.17) is 0 Å². The van der Waals surface area contributed by atoms with E-state index in [1.807, 2.05) is 11.8 Å². The third kappa shape index (κ3) is 2.81. The van der Waals surface area contributed by atoms with Gasteiger partial charge in [0, 0.05) is 10.6 Å². The van der Waals surface area contributed by atoms with Crippen LogP contribution in [0.3, 0.4) is 0 Å². The summed E-state index contributed by atoms with van der Waals surface area (Å²) in [6.45, 7) is 8.84. The highest BCUT2D eigenvalue weighted by atomic mass is 32.2. The average molecular weight is 211 g/mol. The molecule has 0 amide bonds. The lowest BCUT2D eigenvalue weighted by molar-refractivity contribution is 0.814. The van der Waals surface area contributed by atoms with E-state index in [2.05, 4.69) is 33.0 Å². The predicted octanol–water partition coefficient (Wildman–Crippen LogP) is 4.39. The van der Waals surface area contributed by atoms with Crippen molar-refractivity contribution in [3.63, 3.8) is 0 Å². The minimum atomic E-state index is 1.19. The fourth-order valence-electron chi connectivity index (χ4n) is 1.53. The Balaban J connectivity index is 2.73. The minimum absolute atomic E-state index is 1.19. The highest BCUT2D eigenvalue weighted by molar-refractivity contribution is 8.07. The van der Waals surface area contributed by atoms with Gasteiger partial charge in [-0.1, -0.05) is 38.5 Å². The van der Waals surface area contributed by atoms with Gasteiger partial charge in [0.05, 0.1) is 5.03 Å². The number of rotatable bonds is 4. The molecule has 0 aromatic carbocycles. The third-order valence-electron chi connectivity index (χ3n) is 2.26. The van der Waals surface area contributed by atoms with Gasteiger partial charge in [0.1, 0.15) is 0 Å². The summed E-state index contributed by atoms with van der Waals surface area (Å²) in [5.41, 5.74) is 2.87. The van der Waals surface area contributed by atoms with E-state index < -0.39 is 0 Å². The topological polar surface area (TPSA) is 12.0 Å². The van der Waals surface area contributed by atoms with E-state index in [1.165, 1.54) is 42.0 Å². The number of allylic oxidation sites excluding steroid dienone is 3. The van der Waals surface area contributed by atoms with Gasteiger partial charge in [0.15, 0.2) is 0 Å². The Morgan fingerprint density at radius 1 is 1.14 bits per heavy atom. The van der Waals surface area contributed by atoms with Crippen LogP contribution in [-0.2, 0) is 0 Å². The first kappa shape index (κ1) is 11.7. The van der Waals surface area contributed by atoms with Crippen molar-refractivity contribution in [2.75, 3.05) is 0 Å². The average Bonchev–Trinajstić information content (AvgIpc) is 2.50. The molecule has 0 radical (unpaired) electrons. The van der Waals surface area contributed by atoms with Crippen LogP contribution in [0.25, 0.3) is 0 Å². The van der Waals surface area contributed by atoms with Gasteiger partial charge in [0.25, 0.3) is 0 Å². The molecule has 0 spiro atoms. The summed E-state index contributed by atoms with van der Waals surface area (Å²) in [7, 11) is 0. The van der Waals surface area contributed by atoms with Gasteiger partial charge in [-0.05, 0) is 32.3 Å². The SMILES string of the molecule is CCCC1=C(CCC)SC(=C(C)C)N1. The summed E-state index contributed by atoms with van der Waals surface area (Å²) in [4.78, 5) is 1.56. The summed E-state index contributed by atoms with van der Waals surface area (Å²) in [6.07, 6.45) is 4.89. The second-order valence-corrected chi connectivity index (χ2v) is 5.06. The van der Waals surface area contributed by atoms with Crippen molar-refractivity contribution < 1.29 is 0 Å². The summed E-state index contributed by atoms with van der Waals surface area (Å²) in [5, 5.41) is 4.91. The van der Waals surface area contributed by atoms with E-state index in [0.29, 0.717) is 0 Å². The molecule has 2 heteroatoms. The summed E-state index contributed by atoms with van der Waals surface area (Å²) in [6, 6.07) is 0. The lowest BCUT2D eigenvalue weighted by Gasteiger charge is -2.04. The normalized spacial score (nSPS) is 16.1. The van der Waals surface area contributed by atoms with E-state index in [-0.39, 0.29) is 0 Å². The molecule has 14 heavy (non-hydrogen) atoms. The van der Waals surface area contributed by atoms with Crippen molar-refractivity contribution in [3.05, 3.63) is 21.2 Å². The Morgan fingerprint density at radius 2 is 1.79 bits per heavy atom. The third-order valence-corrected chi connectivity index (χ3v) is 3.67. The smallest absolute Gasteiger partial charge is 0.0755 e. The van der Waals surface area contributed by atoms with Gasteiger partial charge in [-0.15, -0.1) is 0 Å². The predicted molar refractivity (Wildman–Crippen MR) is 65.9 cm³/mol. The van der Waals surface area contributed by atoms with Crippen LogP contribution >= 0.6 is 11.8 Å². The van der Waals surface area contributed by atoms with Crippen LogP contribution in [-0.4, -0.2) is 0 Å². The zero-order valence-electron chi connectivity index (χ0n) is 9.74. The molecule has 1 aliphatic heterocycles. The molecule has 0 saturated carbocycles. The van der Waals surface area contributed by atoms with E-state index in [0.717, 1.165) is 0 Å². The molecular formula is C12H21NS. The van der Waals surface area contributed by atoms with Crippen molar-refractivity contribution in [3.8, 4) is 0 Å². The van der Waals surface area contributed by atoms with Gasteiger partial charge >= 0.3 is 0 Å². The zero-order valence-corrected chi connectivity index (χ0v) is 10.6. The molecule has 0 saturated heterocycles. The van der Waals surface area contributed by atoms with Crippen LogP contribution in [0, 0.1) is 0 Å². The number of nitrogens with one attached hydrogen (secondary N) is 1. The molecule has 0 aromatic rings. The first-order valence-electron chi connectivity index (χ1n) is 5.53. The molecule has 1 heterocycles. The van der Waals surface area contributed by atoms with Crippen molar-refractivity contribution >= 4 is 11.8 Å². The Hall–Kier alpha value is -0.370. The Morgan fingerprint density at radius 3 is 2.29 bits per heavy atom. The first-order chi connectivity index (χ1) is 6.69. The number of thioether (sulfide) groups is 1. The van der Waals surface area contributed by atoms with Gasteiger partial charge in [-0.25, -0.2) is 0 Å². The quantitative estimate of drug-likeness (QED) is 0.740. The highest BCUT2D eigenvalue weighted by Crippen LogP contribution is 2.38. The standard InChI is InChI=1S/C12H21NS/c1-5-7-10-11(8-6-2)14-12(13-10)9(3)4/h13H,5-8H2,1-4H3. The lowest BCUT2D eigenvalue weighted by atomic mass is 10.2. The lowest BCUT2D eigenvalue weighted by Crippen LogP contribution is -2.06. The second-order valence-electron chi connectivity index (χ2n) is 3.96. The second kappa shape index (κ2) is 5.50. The summed E-state index contributed by atoms with van der Waals surface area (Å²) >= 11 is 1.94. The van der Waals surface area contributed by atoms with Crippen molar-refractivity contribution in [2.24, 2.45) is 0 Å². The zero-order chi connectivity index (χ0) is 10.6. The maximum Gasteiger partial charge on any atom is 0.0755 e. The van der Waals surface area contributed by atoms with E-state index >= 15 is 0 Å². The summed E-state index contributed by atoms with van der Waals surface area (Å²) in [5.74, 6) is 0. The van der Waals surface area contributed by atoms with Crippen LogP contribution in [0.1, 0.15) is 53.4 Å². The van der Waals surface area contributed by atoms with Crippen molar-refractivity contribution in [1.29, 1.82) is 0 Å². The van der Waals surface area contributed by atoms with Crippen LogP contribution in [0.5, 0.6) is 0 Å². The van der Waals surface area contributed by atoms with Crippen molar-refractivity contribution in [2.45, 2.75) is 53.4 Å². The molecule has 0 aliphatic carbocycles. The maximum absolute atomic E-state index is 3.55. The van der Waals surface area contributed by atoms with Gasteiger partial charge in [-0.2, -0.15) is 0 Å². The van der Waals surface area contributed by atoms with Gasteiger partial charge in [-0.3, -0.25) is 0 Å². The fraction of sp³-hybridized carbons (Fsp3) is 0.667. The molecule has 0 aromatic heterocycles. The summed E-state index contributed by atoms with van der Waals surface area (Å²) < 4.78 is 0. The molecular weight excluding hydrogens is 190 g/mol. The Labute approximate surface area is 92.0 Å². The largest absolute Gasteiger partial charge is 0.353 e. The first-order valence-corrected chi connectivity index (χ1v) is 6.35. The maximum atomic E-state index is 3.55. The van der Waals surface area contributed by atoms with Crippen LogP contribution in [0.4, 0.5) is 0 Å². The molecule has 80 valence electrons. The molecule has 0 unspecified atom stereocenters. The molecule has 0 bridgehead atoms. The van der Waals surface area contributed by atoms with Crippen molar-refractivity contribution in [1.82, 2.24) is 5.32 Å². The van der Waals surface area contributed by atoms with Crippen LogP contribution in [0.15, 0.2) is 21.2 Å². The molecule has 0 atom stereocenters. The Kier molecular flexibility index (Phi) is 4.59. The molecule has 1 rings (SSSR count). The molecule has 1 N–H and O–H groups in total. The van der Waals surface area contributed by atoms with E-state index in [9.17, 15) is 0 Å². The molecule has 0 fully saturated rings. The van der Waals surface area contributed by atoms with Crippen LogP contribution in [0.2, 0.25) is 0 Å². The van der Waals surface area contributed by atoms with Gasteiger partial charge in [0.2, 0.25) is 0 Å². The number of hydrogen-bond acceptors (Lipinski definition) is 2. The Bertz CT molecular complexity index is 239. The van der Waals surface area contributed by atoms with E-state index in [1.54, 1.807) is 4.91 Å². The molecule has 1 aliphatic rings. The minimum Gasteiger partial charge on any atom is -0.353 e. The molecule has 1 nitrogen and oxygen atoms in total. The number of hydrogen-bond donors (Lipinski definition) is 1. The monoisotopic (exact) mass is 211 g/mol. The van der Waals surface area contributed by atoms with Crippen LogP contribution < -0.4 is 5.32 Å².